The minimum absolute atomic E-state index is 0.0855. The van der Waals surface area contributed by atoms with Crippen LogP contribution in [0.4, 0.5) is 11.4 Å². The van der Waals surface area contributed by atoms with Crippen molar-refractivity contribution in [2.24, 2.45) is 0 Å². The van der Waals surface area contributed by atoms with E-state index in [2.05, 4.69) is 10.6 Å². The molecule has 3 aromatic rings. The largest absolute Gasteiger partial charge is 0.488 e. The third kappa shape index (κ3) is 5.26. The molecule has 0 aromatic heterocycles. The number of nitrogens with one attached hydrogen (secondary N) is 2. The zero-order valence-electron chi connectivity index (χ0n) is 20.3. The van der Waals surface area contributed by atoms with E-state index in [0.717, 1.165) is 11.1 Å². The first kappa shape index (κ1) is 25.0. The second kappa shape index (κ2) is 10.3. The minimum Gasteiger partial charge on any atom is -0.488 e. The van der Waals surface area contributed by atoms with Crippen LogP contribution in [0.15, 0.2) is 54.1 Å². The van der Waals surface area contributed by atoms with Crippen LogP contribution in [0.1, 0.15) is 39.5 Å². The molecule has 0 radical (unpaired) electrons. The average Bonchev–Trinajstić information content (AvgIpc) is 2.86. The Bertz CT molecular complexity index is 1410. The van der Waals surface area contributed by atoms with Crippen LogP contribution in [0.5, 0.6) is 11.5 Å². The smallest absolute Gasteiger partial charge is 0.308 e. The van der Waals surface area contributed by atoms with Gasteiger partial charge in [-0.2, -0.15) is 0 Å². The Hall–Kier alpha value is -4.10. The molecule has 0 spiro atoms. The van der Waals surface area contributed by atoms with E-state index >= 15 is 0 Å². The Labute approximate surface area is 214 Å². The number of anilines is 2. The number of hydrogen-bond acceptors (Lipinski definition) is 5. The summed E-state index contributed by atoms with van der Waals surface area (Å²) in [6, 6.07) is 13.4. The van der Waals surface area contributed by atoms with Gasteiger partial charge in [0.2, 0.25) is 0 Å². The molecule has 2 N–H and O–H groups in total. The molecule has 0 bridgehead atoms. The predicted molar refractivity (Wildman–Crippen MR) is 140 cm³/mol. The van der Waals surface area contributed by atoms with Crippen LogP contribution in [0.3, 0.4) is 0 Å². The van der Waals surface area contributed by atoms with Crippen LogP contribution in [0, 0.1) is 20.8 Å². The van der Waals surface area contributed by atoms with Gasteiger partial charge >= 0.3 is 5.97 Å². The number of fused-ring (bicyclic) bond motifs is 1. The maximum atomic E-state index is 13.0. The minimum atomic E-state index is -0.417. The molecule has 2 amide bonds. The molecule has 0 atom stereocenters. The van der Waals surface area contributed by atoms with E-state index in [1.54, 1.807) is 54.6 Å². The van der Waals surface area contributed by atoms with Crippen LogP contribution in [0.25, 0.3) is 6.08 Å². The van der Waals surface area contributed by atoms with E-state index in [0.29, 0.717) is 50.2 Å². The van der Waals surface area contributed by atoms with Gasteiger partial charge in [-0.3, -0.25) is 14.4 Å². The number of ether oxygens (including phenoxy) is 2. The van der Waals surface area contributed by atoms with E-state index in [-0.39, 0.29) is 18.4 Å². The summed E-state index contributed by atoms with van der Waals surface area (Å²) >= 11 is 5.89. The summed E-state index contributed by atoms with van der Waals surface area (Å²) in [5.74, 6) is 0.0433. The summed E-state index contributed by atoms with van der Waals surface area (Å²) in [4.78, 5) is 37.3. The molecular formula is C28H25ClN2O5. The molecule has 3 aromatic carbocycles. The highest BCUT2D eigenvalue weighted by atomic mass is 35.5. The molecule has 0 aliphatic carbocycles. The van der Waals surface area contributed by atoms with Gasteiger partial charge < -0.3 is 20.1 Å². The SMILES string of the molecule is CC(=O)Oc1c(C)c(C)c2c(c1C)C=C(C(=O)Nc1cccc(C(=O)Nc3ccc(Cl)cc3)c1)CO2. The maximum absolute atomic E-state index is 13.0. The van der Waals surface area contributed by atoms with Crippen molar-refractivity contribution in [2.45, 2.75) is 27.7 Å². The lowest BCUT2D eigenvalue weighted by Crippen LogP contribution is -2.22. The number of halogens is 1. The molecule has 0 unspecified atom stereocenters. The average molecular weight is 505 g/mol. The third-order valence-electron chi connectivity index (χ3n) is 5.95. The Morgan fingerprint density at radius 2 is 1.58 bits per heavy atom. The first-order chi connectivity index (χ1) is 17.1. The Morgan fingerprint density at radius 1 is 0.889 bits per heavy atom. The van der Waals surface area contributed by atoms with Crippen molar-refractivity contribution in [1.82, 2.24) is 0 Å². The summed E-state index contributed by atoms with van der Waals surface area (Å²) in [5.41, 5.74) is 4.94. The molecule has 0 fully saturated rings. The highest BCUT2D eigenvalue weighted by Gasteiger charge is 2.25. The van der Waals surface area contributed by atoms with E-state index in [9.17, 15) is 14.4 Å². The molecule has 4 rings (SSSR count). The number of amides is 2. The van der Waals surface area contributed by atoms with Gasteiger partial charge in [0, 0.05) is 40.0 Å². The molecule has 184 valence electrons. The van der Waals surface area contributed by atoms with Gasteiger partial charge in [0.1, 0.15) is 18.1 Å². The van der Waals surface area contributed by atoms with Crippen molar-refractivity contribution >= 4 is 46.8 Å². The normalized spacial score (nSPS) is 12.1. The van der Waals surface area contributed by atoms with Crippen molar-refractivity contribution in [2.75, 3.05) is 17.2 Å². The van der Waals surface area contributed by atoms with Gasteiger partial charge in [-0.05, 0) is 80.4 Å². The lowest BCUT2D eigenvalue weighted by atomic mass is 9.94. The summed E-state index contributed by atoms with van der Waals surface area (Å²) in [6.07, 6.45) is 1.75. The van der Waals surface area contributed by atoms with E-state index in [4.69, 9.17) is 21.1 Å². The standard InChI is InChI=1S/C28H25ClN2O5/c1-15-16(2)26-24(17(3)25(15)36-18(4)32)13-20(14-35-26)28(34)31-23-7-5-6-19(12-23)27(33)30-22-10-8-21(29)9-11-22/h5-13H,14H2,1-4H3,(H,30,33)(H,31,34). The van der Waals surface area contributed by atoms with Crippen LogP contribution >= 0.6 is 11.6 Å². The number of esters is 1. The number of rotatable bonds is 5. The topological polar surface area (TPSA) is 93.7 Å². The molecule has 0 saturated heterocycles. The Morgan fingerprint density at radius 3 is 2.28 bits per heavy atom. The second-order valence-electron chi connectivity index (χ2n) is 8.49. The van der Waals surface area contributed by atoms with Crippen molar-refractivity contribution in [3.63, 3.8) is 0 Å². The maximum Gasteiger partial charge on any atom is 0.308 e. The van der Waals surface area contributed by atoms with Crippen molar-refractivity contribution in [3.05, 3.63) is 86.9 Å². The lowest BCUT2D eigenvalue weighted by molar-refractivity contribution is -0.132. The molecule has 1 aliphatic rings. The second-order valence-corrected chi connectivity index (χ2v) is 8.93. The van der Waals surface area contributed by atoms with Gasteiger partial charge in [-0.25, -0.2) is 0 Å². The van der Waals surface area contributed by atoms with Crippen molar-refractivity contribution < 1.29 is 23.9 Å². The third-order valence-corrected chi connectivity index (χ3v) is 6.20. The number of hydrogen-bond donors (Lipinski definition) is 2. The van der Waals surface area contributed by atoms with Gasteiger partial charge in [0.25, 0.3) is 11.8 Å². The van der Waals surface area contributed by atoms with Crippen LogP contribution in [0.2, 0.25) is 5.02 Å². The van der Waals surface area contributed by atoms with Gasteiger partial charge in [0.15, 0.2) is 0 Å². The van der Waals surface area contributed by atoms with E-state index in [1.807, 2.05) is 20.8 Å². The van der Waals surface area contributed by atoms with Crippen LogP contribution < -0.4 is 20.1 Å². The van der Waals surface area contributed by atoms with Crippen LogP contribution in [-0.4, -0.2) is 24.4 Å². The fourth-order valence-electron chi connectivity index (χ4n) is 3.96. The Kier molecular flexibility index (Phi) is 7.12. The van der Waals surface area contributed by atoms with E-state index < -0.39 is 5.97 Å². The van der Waals surface area contributed by atoms with Gasteiger partial charge in [-0.1, -0.05) is 17.7 Å². The van der Waals surface area contributed by atoms with Crippen molar-refractivity contribution in [3.8, 4) is 11.5 Å². The monoisotopic (exact) mass is 504 g/mol. The zero-order valence-corrected chi connectivity index (χ0v) is 21.1. The quantitative estimate of drug-likeness (QED) is 0.335. The summed E-state index contributed by atoms with van der Waals surface area (Å²) in [6.45, 7) is 7.02. The Balaban J connectivity index is 1.55. The fraction of sp³-hybridized carbons (Fsp3) is 0.179. The number of carbonyl (C=O) groups excluding carboxylic acids is 3. The van der Waals surface area contributed by atoms with Gasteiger partial charge in [-0.15, -0.1) is 0 Å². The fourth-order valence-corrected chi connectivity index (χ4v) is 4.08. The zero-order chi connectivity index (χ0) is 26.0. The lowest BCUT2D eigenvalue weighted by Gasteiger charge is -2.24. The predicted octanol–water partition coefficient (Wildman–Crippen LogP) is 5.86. The van der Waals surface area contributed by atoms with Gasteiger partial charge in [0.05, 0.1) is 5.57 Å². The highest BCUT2D eigenvalue weighted by molar-refractivity contribution is 6.30. The molecule has 36 heavy (non-hydrogen) atoms. The summed E-state index contributed by atoms with van der Waals surface area (Å²) in [7, 11) is 0. The number of carbonyl (C=O) groups is 3. The number of benzene rings is 3. The molecule has 1 aliphatic heterocycles. The van der Waals surface area contributed by atoms with E-state index in [1.165, 1.54) is 6.92 Å². The molecule has 0 saturated carbocycles. The molecule has 8 heteroatoms. The highest BCUT2D eigenvalue weighted by Crippen LogP contribution is 2.41. The first-order valence-corrected chi connectivity index (χ1v) is 11.7. The molecular weight excluding hydrogens is 480 g/mol. The van der Waals surface area contributed by atoms with Crippen molar-refractivity contribution in [1.29, 1.82) is 0 Å². The molecule has 1 heterocycles. The first-order valence-electron chi connectivity index (χ1n) is 11.3. The summed E-state index contributed by atoms with van der Waals surface area (Å²) in [5, 5.41) is 6.20. The molecule has 7 nitrogen and oxygen atoms in total. The van der Waals surface area contributed by atoms with Crippen LogP contribution in [-0.2, 0) is 9.59 Å². The summed E-state index contributed by atoms with van der Waals surface area (Å²) < 4.78 is 11.4.